The summed E-state index contributed by atoms with van der Waals surface area (Å²) in [5.74, 6) is -0.100. The summed E-state index contributed by atoms with van der Waals surface area (Å²) < 4.78 is 7.38. The SMILES string of the molecule is CCOC(=O)C1CCN(Cc2cc3ccccc3n2-c2ccc([N+](=O)[O-])cc2C)CC1. The quantitative estimate of drug-likeness (QED) is 0.330. The molecule has 2 aromatic carbocycles. The number of non-ortho nitro benzene ring substituents is 1. The van der Waals surface area contributed by atoms with E-state index in [1.807, 2.05) is 32.0 Å². The van der Waals surface area contributed by atoms with Crippen molar-refractivity contribution < 1.29 is 14.5 Å². The molecule has 7 heteroatoms. The molecule has 1 aliphatic heterocycles. The van der Waals surface area contributed by atoms with Crippen LogP contribution in [0.25, 0.3) is 16.6 Å². The highest BCUT2D eigenvalue weighted by atomic mass is 16.6. The van der Waals surface area contributed by atoms with E-state index in [2.05, 4.69) is 27.7 Å². The van der Waals surface area contributed by atoms with Gasteiger partial charge in [-0.05, 0) is 63.5 Å². The van der Waals surface area contributed by atoms with Crippen molar-refractivity contribution in [1.82, 2.24) is 9.47 Å². The molecule has 0 unspecified atom stereocenters. The fraction of sp³-hybridized carbons (Fsp3) is 0.375. The molecule has 0 N–H and O–H groups in total. The maximum Gasteiger partial charge on any atom is 0.309 e. The molecular weight excluding hydrogens is 394 g/mol. The predicted molar refractivity (Wildman–Crippen MR) is 119 cm³/mol. The van der Waals surface area contributed by atoms with Gasteiger partial charge in [0.1, 0.15) is 0 Å². The fourth-order valence-electron chi connectivity index (χ4n) is 4.43. The average Bonchev–Trinajstić information content (AvgIpc) is 3.12. The highest BCUT2D eigenvalue weighted by Gasteiger charge is 2.27. The number of ether oxygens (including phenoxy) is 1. The summed E-state index contributed by atoms with van der Waals surface area (Å²) in [5, 5.41) is 12.3. The molecule has 0 radical (unpaired) electrons. The number of aromatic nitrogens is 1. The Morgan fingerprint density at radius 3 is 2.58 bits per heavy atom. The number of aryl methyl sites for hydroxylation is 1. The first-order valence-electron chi connectivity index (χ1n) is 10.7. The molecule has 0 amide bonds. The summed E-state index contributed by atoms with van der Waals surface area (Å²) in [5.41, 5.74) is 4.12. The normalized spacial score (nSPS) is 15.3. The third-order valence-electron chi connectivity index (χ3n) is 6.01. The van der Waals surface area contributed by atoms with Gasteiger partial charge in [0.15, 0.2) is 0 Å². The molecule has 162 valence electrons. The third-order valence-corrected chi connectivity index (χ3v) is 6.01. The number of carbonyl (C=O) groups excluding carboxylic acids is 1. The van der Waals surface area contributed by atoms with Crippen LogP contribution >= 0.6 is 0 Å². The van der Waals surface area contributed by atoms with Gasteiger partial charge in [0.05, 0.1) is 23.0 Å². The number of benzene rings is 2. The molecule has 3 aromatic rings. The number of carbonyl (C=O) groups is 1. The Morgan fingerprint density at radius 1 is 1.16 bits per heavy atom. The fourth-order valence-corrected chi connectivity index (χ4v) is 4.43. The second-order valence-electron chi connectivity index (χ2n) is 8.06. The van der Waals surface area contributed by atoms with Crippen molar-refractivity contribution in [2.45, 2.75) is 33.2 Å². The Balaban J connectivity index is 1.63. The minimum atomic E-state index is -0.362. The van der Waals surface area contributed by atoms with Crippen LogP contribution in [0.3, 0.4) is 0 Å². The van der Waals surface area contributed by atoms with Crippen LogP contribution in [-0.2, 0) is 16.1 Å². The Bertz CT molecular complexity index is 1110. The number of piperidine rings is 1. The van der Waals surface area contributed by atoms with Gasteiger partial charge in [-0.15, -0.1) is 0 Å². The van der Waals surface area contributed by atoms with Crippen LogP contribution in [0.2, 0.25) is 0 Å². The molecular formula is C24H27N3O4. The van der Waals surface area contributed by atoms with E-state index in [-0.39, 0.29) is 22.5 Å². The topological polar surface area (TPSA) is 77.6 Å². The monoisotopic (exact) mass is 421 g/mol. The number of hydrogen-bond acceptors (Lipinski definition) is 5. The lowest BCUT2D eigenvalue weighted by Crippen LogP contribution is -2.36. The molecule has 31 heavy (non-hydrogen) atoms. The van der Waals surface area contributed by atoms with E-state index < -0.39 is 0 Å². The number of nitro groups is 1. The predicted octanol–water partition coefficient (Wildman–Crippen LogP) is 4.62. The molecule has 4 rings (SSSR count). The van der Waals surface area contributed by atoms with Crippen LogP contribution in [0.5, 0.6) is 0 Å². The zero-order chi connectivity index (χ0) is 22.0. The Morgan fingerprint density at radius 2 is 1.90 bits per heavy atom. The number of likely N-dealkylation sites (tertiary alicyclic amines) is 1. The summed E-state index contributed by atoms with van der Waals surface area (Å²) in [6.45, 7) is 6.60. The molecule has 1 saturated heterocycles. The van der Waals surface area contributed by atoms with Crippen molar-refractivity contribution in [3.05, 3.63) is 69.9 Å². The summed E-state index contributed by atoms with van der Waals surface area (Å²) in [7, 11) is 0. The van der Waals surface area contributed by atoms with Gasteiger partial charge in [-0.2, -0.15) is 0 Å². The Labute approximate surface area is 181 Å². The Hall–Kier alpha value is -3.19. The summed E-state index contributed by atoms with van der Waals surface area (Å²) in [6, 6.07) is 15.4. The maximum absolute atomic E-state index is 12.0. The lowest BCUT2D eigenvalue weighted by atomic mass is 9.97. The van der Waals surface area contributed by atoms with Gasteiger partial charge in [-0.25, -0.2) is 0 Å². The van der Waals surface area contributed by atoms with Gasteiger partial charge in [0.25, 0.3) is 5.69 Å². The van der Waals surface area contributed by atoms with Crippen LogP contribution in [0, 0.1) is 23.0 Å². The highest BCUT2D eigenvalue weighted by Crippen LogP contribution is 2.30. The number of esters is 1. The third kappa shape index (κ3) is 4.32. The van der Waals surface area contributed by atoms with E-state index in [1.54, 1.807) is 12.1 Å². The van der Waals surface area contributed by atoms with Crippen molar-refractivity contribution in [2.75, 3.05) is 19.7 Å². The van der Waals surface area contributed by atoms with Crippen LogP contribution in [0.4, 0.5) is 5.69 Å². The second kappa shape index (κ2) is 8.89. The van der Waals surface area contributed by atoms with Crippen molar-refractivity contribution in [1.29, 1.82) is 0 Å². The maximum atomic E-state index is 12.0. The zero-order valence-corrected chi connectivity index (χ0v) is 17.9. The Kier molecular flexibility index (Phi) is 6.04. The minimum absolute atomic E-state index is 0.0148. The number of nitrogens with zero attached hydrogens (tertiary/aromatic N) is 3. The second-order valence-corrected chi connectivity index (χ2v) is 8.06. The van der Waals surface area contributed by atoms with Crippen molar-refractivity contribution in [3.8, 4) is 5.69 Å². The molecule has 0 spiro atoms. The van der Waals surface area contributed by atoms with Crippen molar-refractivity contribution in [3.63, 3.8) is 0 Å². The average molecular weight is 421 g/mol. The molecule has 2 heterocycles. The van der Waals surface area contributed by atoms with Gasteiger partial charge >= 0.3 is 5.97 Å². The smallest absolute Gasteiger partial charge is 0.309 e. The van der Waals surface area contributed by atoms with Crippen LogP contribution in [-0.4, -0.2) is 40.1 Å². The lowest BCUT2D eigenvalue weighted by Gasteiger charge is -2.31. The molecule has 7 nitrogen and oxygen atoms in total. The highest BCUT2D eigenvalue weighted by molar-refractivity contribution is 5.83. The number of hydrogen-bond donors (Lipinski definition) is 0. The van der Waals surface area contributed by atoms with Gasteiger partial charge in [-0.1, -0.05) is 18.2 Å². The number of para-hydroxylation sites is 1. The summed E-state index contributed by atoms with van der Waals surface area (Å²) >= 11 is 0. The number of rotatable bonds is 6. The van der Waals surface area contributed by atoms with Crippen LogP contribution in [0.15, 0.2) is 48.5 Å². The number of nitro benzene ring substituents is 1. The van der Waals surface area contributed by atoms with E-state index in [0.29, 0.717) is 6.61 Å². The standard InChI is InChI=1S/C24H27N3O4/c1-3-31-24(28)18-10-12-25(13-11-18)16-21-15-19-6-4-5-7-23(19)26(21)22-9-8-20(27(29)30)14-17(22)2/h4-9,14-15,18H,3,10-13,16H2,1-2H3. The summed E-state index contributed by atoms with van der Waals surface area (Å²) in [4.78, 5) is 25.2. The van der Waals surface area contributed by atoms with E-state index in [9.17, 15) is 14.9 Å². The molecule has 0 saturated carbocycles. The lowest BCUT2D eigenvalue weighted by molar-refractivity contribution is -0.384. The number of fused-ring (bicyclic) bond motifs is 1. The van der Waals surface area contributed by atoms with E-state index in [0.717, 1.165) is 60.3 Å². The van der Waals surface area contributed by atoms with Crippen LogP contribution < -0.4 is 0 Å². The van der Waals surface area contributed by atoms with Crippen molar-refractivity contribution >= 4 is 22.6 Å². The van der Waals surface area contributed by atoms with E-state index in [1.165, 1.54) is 0 Å². The molecule has 0 aliphatic carbocycles. The van der Waals surface area contributed by atoms with Gasteiger partial charge < -0.3 is 9.30 Å². The molecule has 1 fully saturated rings. The molecule has 1 aromatic heterocycles. The molecule has 1 aliphatic rings. The first kappa shape index (κ1) is 21.1. The zero-order valence-electron chi connectivity index (χ0n) is 17.9. The minimum Gasteiger partial charge on any atom is -0.466 e. The summed E-state index contributed by atoms with van der Waals surface area (Å²) in [6.07, 6.45) is 1.60. The van der Waals surface area contributed by atoms with Crippen molar-refractivity contribution in [2.24, 2.45) is 5.92 Å². The van der Waals surface area contributed by atoms with E-state index >= 15 is 0 Å². The van der Waals surface area contributed by atoms with Gasteiger partial charge in [0.2, 0.25) is 0 Å². The van der Waals surface area contributed by atoms with Gasteiger partial charge in [0, 0.05) is 35.4 Å². The molecule has 0 atom stereocenters. The van der Waals surface area contributed by atoms with Gasteiger partial charge in [-0.3, -0.25) is 19.8 Å². The van der Waals surface area contributed by atoms with E-state index in [4.69, 9.17) is 4.74 Å². The largest absolute Gasteiger partial charge is 0.466 e. The van der Waals surface area contributed by atoms with Crippen LogP contribution in [0.1, 0.15) is 31.0 Å². The molecule has 0 bridgehead atoms. The first-order valence-corrected chi connectivity index (χ1v) is 10.7. The first-order chi connectivity index (χ1) is 15.0.